The van der Waals surface area contributed by atoms with E-state index in [-0.39, 0.29) is 24.1 Å². The second-order valence-corrected chi connectivity index (χ2v) is 6.89. The molecule has 26 heavy (non-hydrogen) atoms. The van der Waals surface area contributed by atoms with Gasteiger partial charge in [0, 0.05) is 30.6 Å². The number of ether oxygens (including phenoxy) is 1. The molecule has 1 aliphatic heterocycles. The SMILES string of the molecule is COc1ccc(-c2cc(C(=O)NCC(C)(O)C3CCCNC3)on2)cc1. The van der Waals surface area contributed by atoms with Gasteiger partial charge in [-0.3, -0.25) is 4.79 Å². The zero-order valence-electron chi connectivity index (χ0n) is 15.1. The summed E-state index contributed by atoms with van der Waals surface area (Å²) in [5.74, 6) is 0.588. The van der Waals surface area contributed by atoms with Crippen molar-refractivity contribution >= 4 is 5.91 Å². The minimum Gasteiger partial charge on any atom is -0.497 e. The minimum absolute atomic E-state index is 0.112. The Hall–Kier alpha value is -2.38. The average Bonchev–Trinajstić information content (AvgIpc) is 3.17. The van der Waals surface area contributed by atoms with Crippen LogP contribution in [-0.4, -0.2) is 48.5 Å². The van der Waals surface area contributed by atoms with Gasteiger partial charge in [-0.1, -0.05) is 5.16 Å². The van der Waals surface area contributed by atoms with E-state index in [1.807, 2.05) is 24.3 Å². The first kappa shape index (κ1) is 18.4. The fourth-order valence-corrected chi connectivity index (χ4v) is 3.15. The molecule has 1 saturated heterocycles. The Labute approximate surface area is 152 Å². The fraction of sp³-hybridized carbons (Fsp3) is 0.474. The van der Waals surface area contributed by atoms with Crippen molar-refractivity contribution in [1.29, 1.82) is 0 Å². The molecule has 1 aromatic heterocycles. The highest BCUT2D eigenvalue weighted by atomic mass is 16.5. The molecule has 7 nitrogen and oxygen atoms in total. The van der Waals surface area contributed by atoms with Gasteiger partial charge >= 0.3 is 0 Å². The second-order valence-electron chi connectivity index (χ2n) is 6.89. The Morgan fingerprint density at radius 3 is 2.88 bits per heavy atom. The maximum atomic E-state index is 12.3. The molecule has 0 aliphatic carbocycles. The van der Waals surface area contributed by atoms with Crippen LogP contribution in [0.1, 0.15) is 30.3 Å². The van der Waals surface area contributed by atoms with Crippen molar-refractivity contribution in [2.45, 2.75) is 25.4 Å². The van der Waals surface area contributed by atoms with Crippen LogP contribution in [0.25, 0.3) is 11.3 Å². The molecule has 0 radical (unpaired) electrons. The summed E-state index contributed by atoms with van der Waals surface area (Å²) in [5.41, 5.74) is 0.428. The summed E-state index contributed by atoms with van der Waals surface area (Å²) < 4.78 is 10.3. The number of nitrogens with one attached hydrogen (secondary N) is 2. The van der Waals surface area contributed by atoms with Crippen molar-refractivity contribution in [3.8, 4) is 17.0 Å². The van der Waals surface area contributed by atoms with Gasteiger partial charge in [0.05, 0.1) is 12.7 Å². The van der Waals surface area contributed by atoms with Gasteiger partial charge in [0.2, 0.25) is 5.76 Å². The number of benzene rings is 1. The van der Waals surface area contributed by atoms with Crippen LogP contribution in [0.4, 0.5) is 0 Å². The van der Waals surface area contributed by atoms with Crippen LogP contribution >= 0.6 is 0 Å². The highest BCUT2D eigenvalue weighted by molar-refractivity contribution is 5.92. The standard InChI is InChI=1S/C19H25N3O4/c1-19(24,14-4-3-9-20-11-14)12-21-18(23)17-10-16(22-26-17)13-5-7-15(25-2)8-6-13/h5-8,10,14,20,24H,3-4,9,11-12H2,1-2H3,(H,21,23). The number of aliphatic hydroxyl groups is 1. The second kappa shape index (κ2) is 7.88. The maximum absolute atomic E-state index is 12.3. The lowest BCUT2D eigenvalue weighted by Gasteiger charge is -2.35. The number of hydrogen-bond donors (Lipinski definition) is 3. The van der Waals surface area contributed by atoms with Crippen LogP contribution in [0.3, 0.4) is 0 Å². The minimum atomic E-state index is -0.970. The normalized spacial score (nSPS) is 19.6. The first-order valence-corrected chi connectivity index (χ1v) is 8.82. The molecule has 1 fully saturated rings. The molecule has 1 amide bonds. The molecule has 1 aromatic carbocycles. The van der Waals surface area contributed by atoms with Gasteiger partial charge in [0.1, 0.15) is 11.4 Å². The summed E-state index contributed by atoms with van der Waals surface area (Å²) in [4.78, 5) is 12.3. The van der Waals surface area contributed by atoms with Crippen molar-refractivity contribution < 1.29 is 19.2 Å². The summed E-state index contributed by atoms with van der Waals surface area (Å²) in [6.45, 7) is 3.66. The molecule has 7 heteroatoms. The quantitative estimate of drug-likeness (QED) is 0.728. The van der Waals surface area contributed by atoms with E-state index < -0.39 is 5.60 Å². The smallest absolute Gasteiger partial charge is 0.290 e. The van der Waals surface area contributed by atoms with E-state index in [9.17, 15) is 9.90 Å². The molecule has 1 aliphatic rings. The predicted octanol–water partition coefficient (Wildman–Crippen LogP) is 1.83. The lowest BCUT2D eigenvalue weighted by Crippen LogP contribution is -2.51. The molecule has 3 rings (SSSR count). The van der Waals surface area contributed by atoms with Crippen LogP contribution in [0.5, 0.6) is 5.75 Å². The third kappa shape index (κ3) is 4.23. The number of rotatable bonds is 6. The molecular weight excluding hydrogens is 334 g/mol. The Morgan fingerprint density at radius 2 is 2.23 bits per heavy atom. The molecule has 0 spiro atoms. The molecule has 2 aromatic rings. The van der Waals surface area contributed by atoms with Crippen molar-refractivity contribution in [2.75, 3.05) is 26.7 Å². The number of hydrogen-bond acceptors (Lipinski definition) is 6. The van der Waals surface area contributed by atoms with E-state index in [2.05, 4.69) is 15.8 Å². The first-order chi connectivity index (χ1) is 12.5. The number of aromatic nitrogens is 1. The number of amides is 1. The Balaban J connectivity index is 1.60. The van der Waals surface area contributed by atoms with E-state index >= 15 is 0 Å². The van der Waals surface area contributed by atoms with Gasteiger partial charge < -0.3 is 25.0 Å². The summed E-state index contributed by atoms with van der Waals surface area (Å²) in [6.07, 6.45) is 1.97. The highest BCUT2D eigenvalue weighted by Gasteiger charge is 2.33. The summed E-state index contributed by atoms with van der Waals surface area (Å²) in [7, 11) is 1.60. The zero-order valence-corrected chi connectivity index (χ0v) is 15.1. The van der Waals surface area contributed by atoms with Crippen LogP contribution in [0.15, 0.2) is 34.9 Å². The highest BCUT2D eigenvalue weighted by Crippen LogP contribution is 2.24. The van der Waals surface area contributed by atoms with Crippen LogP contribution in [0, 0.1) is 5.92 Å². The van der Waals surface area contributed by atoms with Gasteiger partial charge in [-0.05, 0) is 50.6 Å². The topological polar surface area (TPSA) is 96.6 Å². The summed E-state index contributed by atoms with van der Waals surface area (Å²) in [6, 6.07) is 8.92. The number of nitrogens with zero attached hydrogens (tertiary/aromatic N) is 1. The first-order valence-electron chi connectivity index (χ1n) is 8.82. The van der Waals surface area contributed by atoms with E-state index in [0.717, 1.165) is 37.2 Å². The third-order valence-electron chi connectivity index (χ3n) is 4.90. The lowest BCUT2D eigenvalue weighted by molar-refractivity contribution is -0.00901. The predicted molar refractivity (Wildman–Crippen MR) is 97.0 cm³/mol. The van der Waals surface area contributed by atoms with Gasteiger partial charge in [-0.2, -0.15) is 0 Å². The van der Waals surface area contributed by atoms with Gasteiger partial charge in [0.25, 0.3) is 5.91 Å². The van der Waals surface area contributed by atoms with Crippen molar-refractivity contribution in [1.82, 2.24) is 15.8 Å². The maximum Gasteiger partial charge on any atom is 0.290 e. The van der Waals surface area contributed by atoms with E-state index in [1.54, 1.807) is 20.1 Å². The molecule has 140 valence electrons. The van der Waals surface area contributed by atoms with E-state index in [4.69, 9.17) is 9.26 Å². The lowest BCUT2D eigenvalue weighted by atomic mass is 9.83. The monoisotopic (exact) mass is 359 g/mol. The number of methoxy groups -OCH3 is 1. The zero-order chi connectivity index (χ0) is 18.6. The average molecular weight is 359 g/mol. The van der Waals surface area contributed by atoms with E-state index in [0.29, 0.717) is 5.69 Å². The molecule has 0 bridgehead atoms. The fourth-order valence-electron chi connectivity index (χ4n) is 3.15. The third-order valence-corrected chi connectivity index (χ3v) is 4.90. The summed E-state index contributed by atoms with van der Waals surface area (Å²) >= 11 is 0. The molecule has 0 saturated carbocycles. The van der Waals surface area contributed by atoms with Crippen molar-refractivity contribution in [3.05, 3.63) is 36.1 Å². The Morgan fingerprint density at radius 1 is 1.46 bits per heavy atom. The van der Waals surface area contributed by atoms with E-state index in [1.165, 1.54) is 0 Å². The van der Waals surface area contributed by atoms with Gasteiger partial charge in [-0.15, -0.1) is 0 Å². The van der Waals surface area contributed by atoms with Crippen LogP contribution < -0.4 is 15.4 Å². The Bertz CT molecular complexity index is 733. The number of carbonyl (C=O) groups is 1. The van der Waals surface area contributed by atoms with Crippen molar-refractivity contribution in [2.24, 2.45) is 5.92 Å². The summed E-state index contributed by atoms with van der Waals surface area (Å²) in [5, 5.41) is 20.6. The largest absolute Gasteiger partial charge is 0.497 e. The van der Waals surface area contributed by atoms with Crippen molar-refractivity contribution in [3.63, 3.8) is 0 Å². The molecular formula is C19H25N3O4. The molecule has 2 atom stereocenters. The number of carbonyl (C=O) groups excluding carboxylic acids is 1. The molecule has 2 unspecified atom stereocenters. The Kier molecular flexibility index (Phi) is 5.58. The van der Waals surface area contributed by atoms with Gasteiger partial charge in [0.15, 0.2) is 0 Å². The van der Waals surface area contributed by atoms with Crippen LogP contribution in [0.2, 0.25) is 0 Å². The number of piperidine rings is 1. The van der Waals surface area contributed by atoms with Crippen LogP contribution in [-0.2, 0) is 0 Å². The molecule has 2 heterocycles. The molecule has 3 N–H and O–H groups in total. The van der Waals surface area contributed by atoms with Gasteiger partial charge in [-0.25, -0.2) is 0 Å².